The van der Waals surface area contributed by atoms with Crippen molar-refractivity contribution in [3.8, 4) is 11.8 Å². The largest absolute Gasteiger partial charge is 0.496 e. The second kappa shape index (κ2) is 7.80. The molecular formula is C15H16BrNO5. The molecule has 0 radical (unpaired) electrons. The van der Waals surface area contributed by atoms with Crippen LogP contribution in [0.5, 0.6) is 5.75 Å². The number of hydrogen-bond donors (Lipinski definition) is 2. The second-order valence-electron chi connectivity index (χ2n) is 4.83. The summed E-state index contributed by atoms with van der Waals surface area (Å²) in [7, 11) is 1.51. The number of benzene rings is 1. The summed E-state index contributed by atoms with van der Waals surface area (Å²) in [6.07, 6.45) is -0.330. The van der Waals surface area contributed by atoms with Gasteiger partial charge in [0.2, 0.25) is 0 Å². The molecule has 0 aliphatic carbocycles. The van der Waals surface area contributed by atoms with Crippen molar-refractivity contribution in [2.75, 3.05) is 7.11 Å². The molecule has 1 aromatic rings. The first kappa shape index (κ1) is 18.0. The highest BCUT2D eigenvalue weighted by Crippen LogP contribution is 2.37. The number of rotatable bonds is 8. The number of carboxylic acids is 2. The lowest BCUT2D eigenvalue weighted by Gasteiger charge is -2.26. The van der Waals surface area contributed by atoms with Crippen molar-refractivity contribution in [3.63, 3.8) is 0 Å². The molecule has 0 saturated heterocycles. The summed E-state index contributed by atoms with van der Waals surface area (Å²) in [4.78, 5) is 21.7. The summed E-state index contributed by atoms with van der Waals surface area (Å²) in [5.41, 5.74) is -0.587. The molecule has 22 heavy (non-hydrogen) atoms. The van der Waals surface area contributed by atoms with Crippen LogP contribution in [0, 0.1) is 11.3 Å². The van der Waals surface area contributed by atoms with E-state index in [-0.39, 0.29) is 25.7 Å². The predicted octanol–water partition coefficient (Wildman–Crippen LogP) is 2.95. The first-order chi connectivity index (χ1) is 10.3. The van der Waals surface area contributed by atoms with Gasteiger partial charge >= 0.3 is 11.9 Å². The van der Waals surface area contributed by atoms with Crippen LogP contribution in [0.25, 0.3) is 0 Å². The number of ether oxygens (including phenoxy) is 1. The molecular weight excluding hydrogens is 354 g/mol. The third-order valence-electron chi connectivity index (χ3n) is 3.45. The SMILES string of the molecule is COc1ccc(C(C#N)(CCC(=O)O)CCC(=O)O)cc1Br. The minimum atomic E-state index is -1.16. The number of carboxylic acid groups (broad SMARTS) is 2. The molecule has 0 amide bonds. The highest BCUT2D eigenvalue weighted by molar-refractivity contribution is 9.10. The molecule has 0 heterocycles. The molecule has 6 nitrogen and oxygen atoms in total. The lowest BCUT2D eigenvalue weighted by atomic mass is 9.74. The van der Waals surface area contributed by atoms with Crippen molar-refractivity contribution >= 4 is 27.9 Å². The number of aliphatic carboxylic acids is 2. The molecule has 0 bridgehead atoms. The monoisotopic (exact) mass is 369 g/mol. The molecule has 0 atom stereocenters. The Morgan fingerprint density at radius 2 is 1.82 bits per heavy atom. The van der Waals surface area contributed by atoms with Crippen molar-refractivity contribution in [1.82, 2.24) is 0 Å². The Morgan fingerprint density at radius 3 is 2.18 bits per heavy atom. The topological polar surface area (TPSA) is 108 Å². The molecule has 0 saturated carbocycles. The van der Waals surface area contributed by atoms with Crippen LogP contribution < -0.4 is 4.74 Å². The van der Waals surface area contributed by atoms with Crippen LogP contribution in [0.4, 0.5) is 0 Å². The minimum Gasteiger partial charge on any atom is -0.496 e. The zero-order valence-electron chi connectivity index (χ0n) is 12.0. The van der Waals surface area contributed by atoms with Crippen LogP contribution in [0.3, 0.4) is 0 Å². The van der Waals surface area contributed by atoms with E-state index in [1.807, 2.05) is 0 Å². The van der Waals surface area contributed by atoms with Gasteiger partial charge in [-0.3, -0.25) is 9.59 Å². The molecule has 0 aliphatic rings. The summed E-state index contributed by atoms with van der Waals surface area (Å²) >= 11 is 3.32. The Balaban J connectivity index is 3.22. The third-order valence-corrected chi connectivity index (χ3v) is 4.07. The Morgan fingerprint density at radius 1 is 1.27 bits per heavy atom. The molecule has 2 N–H and O–H groups in total. The first-order valence-corrected chi connectivity index (χ1v) is 7.33. The van der Waals surface area contributed by atoms with Gasteiger partial charge in [-0.2, -0.15) is 5.26 Å². The summed E-state index contributed by atoms with van der Waals surface area (Å²) in [5.74, 6) is -1.47. The van der Waals surface area contributed by atoms with E-state index in [4.69, 9.17) is 14.9 Å². The van der Waals surface area contributed by atoms with E-state index in [1.165, 1.54) is 7.11 Å². The van der Waals surface area contributed by atoms with Crippen LogP contribution >= 0.6 is 15.9 Å². The number of halogens is 1. The molecule has 0 aliphatic heterocycles. The maximum atomic E-state index is 10.8. The van der Waals surface area contributed by atoms with Crippen molar-refractivity contribution in [3.05, 3.63) is 28.2 Å². The fourth-order valence-corrected chi connectivity index (χ4v) is 2.74. The molecule has 0 unspecified atom stereocenters. The summed E-state index contributed by atoms with van der Waals surface area (Å²) in [6.45, 7) is 0. The predicted molar refractivity (Wildman–Crippen MR) is 81.7 cm³/mol. The summed E-state index contributed by atoms with van der Waals surface area (Å²) < 4.78 is 5.75. The van der Waals surface area contributed by atoms with Crippen molar-refractivity contribution in [1.29, 1.82) is 5.26 Å². The lowest BCUT2D eigenvalue weighted by Crippen LogP contribution is -2.26. The Bertz CT molecular complexity index is 590. The van der Waals surface area contributed by atoms with Gasteiger partial charge in [-0.05, 0) is 46.5 Å². The Labute approximate surface area is 136 Å². The lowest BCUT2D eigenvalue weighted by molar-refractivity contribution is -0.137. The van der Waals surface area contributed by atoms with Crippen molar-refractivity contribution in [2.45, 2.75) is 31.1 Å². The second-order valence-corrected chi connectivity index (χ2v) is 5.69. The average Bonchev–Trinajstić information content (AvgIpc) is 2.47. The highest BCUT2D eigenvalue weighted by Gasteiger charge is 2.34. The third kappa shape index (κ3) is 4.46. The van der Waals surface area contributed by atoms with E-state index in [1.54, 1.807) is 18.2 Å². The molecule has 7 heteroatoms. The Hall–Kier alpha value is -2.07. The Kier molecular flexibility index (Phi) is 6.38. The van der Waals surface area contributed by atoms with Crippen LogP contribution in [0.1, 0.15) is 31.2 Å². The molecule has 0 spiro atoms. The van der Waals surface area contributed by atoms with E-state index in [0.717, 1.165) is 0 Å². The van der Waals surface area contributed by atoms with E-state index in [2.05, 4.69) is 22.0 Å². The standard InChI is InChI=1S/C15H16BrNO5/c1-22-12-3-2-10(8-11(12)16)15(9-17,6-4-13(18)19)7-5-14(20)21/h2-3,8H,4-7H2,1H3,(H,18,19)(H,20,21). The molecule has 118 valence electrons. The molecule has 1 aromatic carbocycles. The highest BCUT2D eigenvalue weighted by atomic mass is 79.9. The first-order valence-electron chi connectivity index (χ1n) is 6.53. The number of methoxy groups -OCH3 is 1. The van der Waals surface area contributed by atoms with Gasteiger partial charge in [0.25, 0.3) is 0 Å². The normalized spacial score (nSPS) is 10.8. The van der Waals surface area contributed by atoms with Gasteiger partial charge in [0.15, 0.2) is 0 Å². The van der Waals surface area contributed by atoms with Gasteiger partial charge in [-0.15, -0.1) is 0 Å². The van der Waals surface area contributed by atoms with Crippen LogP contribution in [0.15, 0.2) is 22.7 Å². The van der Waals surface area contributed by atoms with E-state index in [9.17, 15) is 14.9 Å². The summed E-state index contributed by atoms with van der Waals surface area (Å²) in [5, 5.41) is 27.3. The van der Waals surface area contributed by atoms with Gasteiger partial charge in [0.05, 0.1) is 23.1 Å². The number of hydrogen-bond acceptors (Lipinski definition) is 4. The smallest absolute Gasteiger partial charge is 0.303 e. The zero-order chi connectivity index (χ0) is 16.8. The van der Waals surface area contributed by atoms with Gasteiger partial charge in [-0.25, -0.2) is 0 Å². The van der Waals surface area contributed by atoms with Crippen LogP contribution in [-0.4, -0.2) is 29.3 Å². The van der Waals surface area contributed by atoms with E-state index >= 15 is 0 Å². The van der Waals surface area contributed by atoms with Gasteiger partial charge in [0.1, 0.15) is 5.75 Å². The van der Waals surface area contributed by atoms with Gasteiger partial charge in [0, 0.05) is 12.8 Å². The number of nitriles is 1. The quantitative estimate of drug-likeness (QED) is 0.729. The van der Waals surface area contributed by atoms with Crippen molar-refractivity contribution in [2.24, 2.45) is 0 Å². The van der Waals surface area contributed by atoms with Gasteiger partial charge < -0.3 is 14.9 Å². The van der Waals surface area contributed by atoms with Gasteiger partial charge in [-0.1, -0.05) is 6.07 Å². The molecule has 0 fully saturated rings. The summed E-state index contributed by atoms with van der Waals surface area (Å²) in [6, 6.07) is 7.11. The maximum Gasteiger partial charge on any atom is 0.303 e. The minimum absolute atomic E-state index is 0.0465. The molecule has 1 rings (SSSR count). The zero-order valence-corrected chi connectivity index (χ0v) is 13.6. The van der Waals surface area contributed by atoms with Crippen molar-refractivity contribution < 1.29 is 24.5 Å². The molecule has 0 aromatic heterocycles. The van der Waals surface area contributed by atoms with Crippen LogP contribution in [-0.2, 0) is 15.0 Å². The maximum absolute atomic E-state index is 10.8. The van der Waals surface area contributed by atoms with Crippen LogP contribution in [0.2, 0.25) is 0 Å². The number of carbonyl (C=O) groups is 2. The fraction of sp³-hybridized carbons (Fsp3) is 0.400. The average molecular weight is 370 g/mol. The number of nitrogens with zero attached hydrogens (tertiary/aromatic N) is 1. The van der Waals surface area contributed by atoms with E-state index in [0.29, 0.717) is 15.8 Å². The van der Waals surface area contributed by atoms with E-state index < -0.39 is 17.4 Å². The fourth-order valence-electron chi connectivity index (χ4n) is 2.19.